The van der Waals surface area contributed by atoms with Crippen LogP contribution >= 0.6 is 0 Å². The fourth-order valence-corrected chi connectivity index (χ4v) is 1.84. The second kappa shape index (κ2) is 6.33. The number of para-hydroxylation sites is 1. The summed E-state index contributed by atoms with van der Waals surface area (Å²) in [6, 6.07) is 10.2. The van der Waals surface area contributed by atoms with Gasteiger partial charge in [0, 0.05) is 31.5 Å². The predicted octanol–water partition coefficient (Wildman–Crippen LogP) is 1.92. The van der Waals surface area contributed by atoms with Gasteiger partial charge in [0.25, 0.3) is 0 Å². The molecule has 4 nitrogen and oxygen atoms in total. The monoisotopic (exact) mass is 245 g/mol. The highest BCUT2D eigenvalue weighted by molar-refractivity contribution is 5.34. The number of hydrogen-bond acceptors (Lipinski definition) is 3. The quantitative estimate of drug-likeness (QED) is 0.790. The van der Waals surface area contributed by atoms with Crippen molar-refractivity contribution in [3.8, 4) is 5.69 Å². The minimum Gasteiger partial charge on any atom is -0.383 e. The molecule has 2 rings (SSSR count). The summed E-state index contributed by atoms with van der Waals surface area (Å²) < 4.78 is 6.97. The predicted molar refractivity (Wildman–Crippen MR) is 71.9 cm³/mol. The largest absolute Gasteiger partial charge is 0.383 e. The van der Waals surface area contributed by atoms with Crippen LogP contribution in [0.5, 0.6) is 0 Å². The van der Waals surface area contributed by atoms with Crippen LogP contribution in [0.25, 0.3) is 5.69 Å². The molecule has 0 aliphatic rings. The van der Waals surface area contributed by atoms with Crippen LogP contribution in [0.4, 0.5) is 0 Å². The van der Waals surface area contributed by atoms with E-state index >= 15 is 0 Å². The van der Waals surface area contributed by atoms with Crippen molar-refractivity contribution in [1.82, 2.24) is 15.1 Å². The van der Waals surface area contributed by atoms with Crippen LogP contribution in [0.3, 0.4) is 0 Å². The number of methoxy groups -OCH3 is 1. The number of hydrogen-bond donors (Lipinski definition) is 1. The van der Waals surface area contributed by atoms with Gasteiger partial charge < -0.3 is 10.1 Å². The molecule has 96 valence electrons. The van der Waals surface area contributed by atoms with Crippen LogP contribution < -0.4 is 5.32 Å². The van der Waals surface area contributed by atoms with Crippen molar-refractivity contribution in [1.29, 1.82) is 0 Å². The second-order valence-corrected chi connectivity index (χ2v) is 4.17. The molecule has 2 aromatic rings. The first-order valence-corrected chi connectivity index (χ1v) is 6.11. The average Bonchev–Trinajstić information content (AvgIpc) is 2.77. The SMILES string of the molecule is COCCNCc1cnn(-c2ccccc2)c1C. The van der Waals surface area contributed by atoms with Gasteiger partial charge in [0.2, 0.25) is 0 Å². The molecule has 1 N–H and O–H groups in total. The highest BCUT2D eigenvalue weighted by Gasteiger charge is 2.06. The lowest BCUT2D eigenvalue weighted by Crippen LogP contribution is -2.18. The minimum atomic E-state index is 0.728. The van der Waals surface area contributed by atoms with Crippen molar-refractivity contribution in [2.45, 2.75) is 13.5 Å². The Balaban J connectivity index is 2.05. The lowest BCUT2D eigenvalue weighted by molar-refractivity contribution is 0.199. The molecular weight excluding hydrogens is 226 g/mol. The maximum absolute atomic E-state index is 5.00. The summed E-state index contributed by atoms with van der Waals surface area (Å²) in [5, 5.41) is 7.76. The third kappa shape index (κ3) is 2.97. The van der Waals surface area contributed by atoms with E-state index in [4.69, 9.17) is 4.74 Å². The molecule has 0 spiro atoms. The zero-order valence-corrected chi connectivity index (χ0v) is 10.9. The van der Waals surface area contributed by atoms with Crippen molar-refractivity contribution in [3.63, 3.8) is 0 Å². The lowest BCUT2D eigenvalue weighted by Gasteiger charge is -2.06. The van der Waals surface area contributed by atoms with Crippen molar-refractivity contribution in [2.24, 2.45) is 0 Å². The molecule has 4 heteroatoms. The van der Waals surface area contributed by atoms with E-state index in [1.165, 1.54) is 11.3 Å². The molecule has 0 aliphatic carbocycles. The Morgan fingerprint density at radius 2 is 2.06 bits per heavy atom. The van der Waals surface area contributed by atoms with Gasteiger partial charge in [0.15, 0.2) is 0 Å². The number of ether oxygens (including phenoxy) is 1. The van der Waals surface area contributed by atoms with Gasteiger partial charge in [0.05, 0.1) is 18.5 Å². The second-order valence-electron chi connectivity index (χ2n) is 4.17. The summed E-state index contributed by atoms with van der Waals surface area (Å²) in [6.45, 7) is 4.49. The molecule has 0 saturated heterocycles. The Morgan fingerprint density at radius 1 is 1.28 bits per heavy atom. The van der Waals surface area contributed by atoms with Crippen LogP contribution in [-0.4, -0.2) is 30.0 Å². The molecule has 1 aromatic heterocycles. The van der Waals surface area contributed by atoms with E-state index < -0.39 is 0 Å². The van der Waals surface area contributed by atoms with Crippen molar-refractivity contribution < 1.29 is 4.74 Å². The fraction of sp³-hybridized carbons (Fsp3) is 0.357. The molecule has 0 unspecified atom stereocenters. The van der Waals surface area contributed by atoms with Gasteiger partial charge in [-0.1, -0.05) is 18.2 Å². The summed E-state index contributed by atoms with van der Waals surface area (Å²) in [5.74, 6) is 0. The number of aromatic nitrogens is 2. The molecule has 0 radical (unpaired) electrons. The summed E-state index contributed by atoms with van der Waals surface area (Å²) >= 11 is 0. The van der Waals surface area contributed by atoms with E-state index in [2.05, 4.69) is 29.5 Å². The van der Waals surface area contributed by atoms with Gasteiger partial charge in [-0.05, 0) is 19.1 Å². The zero-order chi connectivity index (χ0) is 12.8. The maximum atomic E-state index is 5.00. The summed E-state index contributed by atoms with van der Waals surface area (Å²) in [7, 11) is 1.71. The molecule has 0 aliphatic heterocycles. The topological polar surface area (TPSA) is 39.1 Å². The highest BCUT2D eigenvalue weighted by atomic mass is 16.5. The van der Waals surface area contributed by atoms with E-state index in [1.54, 1.807) is 7.11 Å². The van der Waals surface area contributed by atoms with E-state index in [1.807, 2.05) is 29.1 Å². The zero-order valence-electron chi connectivity index (χ0n) is 10.9. The van der Waals surface area contributed by atoms with Gasteiger partial charge >= 0.3 is 0 Å². The van der Waals surface area contributed by atoms with Crippen LogP contribution in [0, 0.1) is 6.92 Å². The molecular formula is C14H19N3O. The van der Waals surface area contributed by atoms with E-state index in [-0.39, 0.29) is 0 Å². The third-order valence-electron chi connectivity index (χ3n) is 2.91. The molecule has 0 saturated carbocycles. The molecule has 0 atom stereocenters. The van der Waals surface area contributed by atoms with E-state index in [9.17, 15) is 0 Å². The molecule has 18 heavy (non-hydrogen) atoms. The van der Waals surface area contributed by atoms with E-state index in [0.717, 1.165) is 25.4 Å². The molecule has 0 fully saturated rings. The van der Waals surface area contributed by atoms with Crippen molar-refractivity contribution >= 4 is 0 Å². The number of nitrogens with zero attached hydrogens (tertiary/aromatic N) is 2. The van der Waals surface area contributed by atoms with Crippen LogP contribution in [0.2, 0.25) is 0 Å². The van der Waals surface area contributed by atoms with Crippen LogP contribution in [0.15, 0.2) is 36.5 Å². The normalized spacial score (nSPS) is 10.8. The first kappa shape index (κ1) is 12.8. The Kier molecular flexibility index (Phi) is 4.50. The first-order valence-electron chi connectivity index (χ1n) is 6.11. The maximum Gasteiger partial charge on any atom is 0.0648 e. The van der Waals surface area contributed by atoms with Gasteiger partial charge in [-0.2, -0.15) is 5.10 Å². The summed E-state index contributed by atoms with van der Waals surface area (Å²) in [5.41, 5.74) is 3.49. The first-order chi connectivity index (χ1) is 8.83. The third-order valence-corrected chi connectivity index (χ3v) is 2.91. The van der Waals surface area contributed by atoms with E-state index in [0.29, 0.717) is 0 Å². The van der Waals surface area contributed by atoms with Crippen LogP contribution in [0.1, 0.15) is 11.3 Å². The Labute approximate surface area is 108 Å². The number of nitrogens with one attached hydrogen (secondary N) is 1. The smallest absolute Gasteiger partial charge is 0.0648 e. The lowest BCUT2D eigenvalue weighted by atomic mass is 10.2. The van der Waals surface area contributed by atoms with Gasteiger partial charge in [-0.15, -0.1) is 0 Å². The molecule has 1 heterocycles. The van der Waals surface area contributed by atoms with Gasteiger partial charge in [0.1, 0.15) is 0 Å². The van der Waals surface area contributed by atoms with Gasteiger partial charge in [-0.3, -0.25) is 0 Å². The highest BCUT2D eigenvalue weighted by Crippen LogP contribution is 2.13. The Hall–Kier alpha value is -1.65. The average molecular weight is 245 g/mol. The summed E-state index contributed by atoms with van der Waals surface area (Å²) in [4.78, 5) is 0. The minimum absolute atomic E-state index is 0.728. The molecule has 1 aromatic carbocycles. The summed E-state index contributed by atoms with van der Waals surface area (Å²) in [6.07, 6.45) is 1.92. The number of benzene rings is 1. The van der Waals surface area contributed by atoms with Crippen LogP contribution in [-0.2, 0) is 11.3 Å². The van der Waals surface area contributed by atoms with Crippen molar-refractivity contribution in [3.05, 3.63) is 47.8 Å². The van der Waals surface area contributed by atoms with Gasteiger partial charge in [-0.25, -0.2) is 4.68 Å². The Bertz CT molecular complexity index is 479. The molecule has 0 bridgehead atoms. The number of rotatable bonds is 6. The molecule has 0 amide bonds. The fourth-order valence-electron chi connectivity index (χ4n) is 1.84. The standard InChI is InChI=1S/C14H19N3O/c1-12-13(10-15-8-9-18-2)11-16-17(12)14-6-4-3-5-7-14/h3-7,11,15H,8-10H2,1-2H3. The van der Waals surface area contributed by atoms with Crippen molar-refractivity contribution in [2.75, 3.05) is 20.3 Å². The Morgan fingerprint density at radius 3 is 2.78 bits per heavy atom.